The van der Waals surface area contributed by atoms with E-state index in [1.54, 1.807) is 13.0 Å². The Bertz CT molecular complexity index is 1020. The Morgan fingerprint density at radius 2 is 1.94 bits per heavy atom. The lowest BCUT2D eigenvalue weighted by molar-refractivity contribution is -0.146. The van der Waals surface area contributed by atoms with Crippen molar-refractivity contribution in [3.63, 3.8) is 0 Å². The molecule has 0 bridgehead atoms. The highest BCUT2D eigenvalue weighted by Gasteiger charge is 2.46. The summed E-state index contributed by atoms with van der Waals surface area (Å²) < 4.78 is 13.4. The maximum Gasteiger partial charge on any atom is 0.298 e. The molecule has 1 fully saturated rings. The van der Waals surface area contributed by atoms with Crippen LogP contribution in [0.15, 0.2) is 23.2 Å². The van der Waals surface area contributed by atoms with E-state index in [2.05, 4.69) is 10.3 Å². The van der Waals surface area contributed by atoms with E-state index >= 15 is 0 Å². The number of amidine groups is 1. The highest BCUT2D eigenvalue weighted by atomic mass is 19.1. The smallest absolute Gasteiger partial charge is 0.298 e. The molecule has 0 aliphatic carbocycles. The zero-order valence-corrected chi connectivity index (χ0v) is 18.2. The molecule has 9 nitrogen and oxygen atoms in total. The normalized spacial score (nSPS) is 20.8. The number of benzene rings is 1. The lowest BCUT2D eigenvalue weighted by Gasteiger charge is -2.31. The first-order valence-electron chi connectivity index (χ1n) is 10.3. The Labute approximate surface area is 184 Å². The predicted octanol–water partition coefficient (Wildman–Crippen LogP) is 0.386. The van der Waals surface area contributed by atoms with Gasteiger partial charge in [-0.3, -0.25) is 28.9 Å². The van der Waals surface area contributed by atoms with E-state index in [1.165, 1.54) is 26.2 Å². The van der Waals surface area contributed by atoms with Gasteiger partial charge in [0.1, 0.15) is 11.7 Å². The average Bonchev–Trinajstić information content (AvgIpc) is 2.98. The number of aliphatic imine (C=N–C) groups is 1. The second-order valence-corrected chi connectivity index (χ2v) is 8.12. The fourth-order valence-corrected chi connectivity index (χ4v) is 3.75. The predicted molar refractivity (Wildman–Crippen MR) is 112 cm³/mol. The van der Waals surface area contributed by atoms with Gasteiger partial charge in [-0.25, -0.2) is 9.38 Å². The van der Waals surface area contributed by atoms with Crippen LogP contribution in [0.3, 0.4) is 0 Å². The average molecular weight is 444 g/mol. The Morgan fingerprint density at radius 3 is 2.59 bits per heavy atom. The number of halogens is 1. The molecule has 2 heterocycles. The summed E-state index contributed by atoms with van der Waals surface area (Å²) in [5.41, 5.74) is 1.02. The third-order valence-corrected chi connectivity index (χ3v) is 5.55. The van der Waals surface area contributed by atoms with E-state index in [1.807, 2.05) is 0 Å². The van der Waals surface area contributed by atoms with Crippen molar-refractivity contribution >= 4 is 35.1 Å². The van der Waals surface area contributed by atoms with E-state index in [0.717, 1.165) is 9.80 Å². The number of hydrogen-bond donors (Lipinski definition) is 1. The molecule has 1 aromatic rings. The number of carbonyl (C=O) groups excluding carboxylic acids is 5. The molecule has 0 spiro atoms. The van der Waals surface area contributed by atoms with Crippen LogP contribution in [0.2, 0.25) is 0 Å². The highest BCUT2D eigenvalue weighted by Crippen LogP contribution is 2.25. The molecule has 3 rings (SSSR count). The Kier molecular flexibility index (Phi) is 6.81. The summed E-state index contributed by atoms with van der Waals surface area (Å²) >= 11 is 0. The summed E-state index contributed by atoms with van der Waals surface area (Å²) in [5.74, 6) is -5.56. The second kappa shape index (κ2) is 9.37. The minimum Gasteiger partial charge on any atom is -0.350 e. The second-order valence-electron chi connectivity index (χ2n) is 8.12. The molecule has 0 aromatic heterocycles. The monoisotopic (exact) mass is 444 g/mol. The van der Waals surface area contributed by atoms with Crippen molar-refractivity contribution in [1.82, 2.24) is 15.1 Å². The molecular formula is C22H25FN4O5. The number of nitrogens with one attached hydrogen (secondary N) is 1. The molecule has 1 N–H and O–H groups in total. The van der Waals surface area contributed by atoms with Crippen LogP contribution >= 0.6 is 0 Å². The third-order valence-electron chi connectivity index (χ3n) is 5.55. The van der Waals surface area contributed by atoms with Crippen LogP contribution in [0.1, 0.15) is 30.4 Å². The summed E-state index contributed by atoms with van der Waals surface area (Å²) in [6.07, 6.45) is 1.39. The number of Topliss-reactive ketones (excluding diaryl/α,β-unsaturated/α-hetero) is 2. The van der Waals surface area contributed by atoms with Crippen molar-refractivity contribution in [2.24, 2.45) is 10.9 Å². The number of amides is 3. The fraction of sp³-hybridized carbons (Fsp3) is 0.455. The molecular weight excluding hydrogens is 419 g/mol. The minimum atomic E-state index is -1.64. The van der Waals surface area contributed by atoms with Gasteiger partial charge in [0.25, 0.3) is 23.5 Å². The van der Waals surface area contributed by atoms with Gasteiger partial charge in [0.05, 0.1) is 5.92 Å². The SMILES string of the molecule is Cc1cc(CNC(=O)C2N=C3[C@H](C(=O)C(=O)N(C)C)CCCCN3C(=O)C2=O)ccc1F. The van der Waals surface area contributed by atoms with E-state index in [-0.39, 0.29) is 24.7 Å². The van der Waals surface area contributed by atoms with Crippen molar-refractivity contribution in [3.8, 4) is 0 Å². The van der Waals surface area contributed by atoms with Crippen LogP contribution in [0.25, 0.3) is 0 Å². The molecule has 32 heavy (non-hydrogen) atoms. The molecule has 1 saturated heterocycles. The number of rotatable bonds is 5. The first kappa shape index (κ1) is 23.2. The number of nitrogens with zero attached hydrogens (tertiary/aromatic N) is 3. The van der Waals surface area contributed by atoms with Crippen molar-refractivity contribution in [1.29, 1.82) is 0 Å². The molecule has 2 aliphatic rings. The molecule has 3 amide bonds. The Balaban J connectivity index is 1.86. The van der Waals surface area contributed by atoms with Crippen molar-refractivity contribution in [3.05, 3.63) is 35.1 Å². The summed E-state index contributed by atoms with van der Waals surface area (Å²) in [5, 5.41) is 2.54. The molecule has 1 unspecified atom stereocenters. The van der Waals surface area contributed by atoms with Crippen molar-refractivity contribution in [2.45, 2.75) is 38.8 Å². The van der Waals surface area contributed by atoms with Gasteiger partial charge in [0.2, 0.25) is 5.78 Å². The number of hydrogen-bond acceptors (Lipinski definition) is 6. The maximum absolute atomic E-state index is 13.4. The van der Waals surface area contributed by atoms with E-state index in [0.29, 0.717) is 30.4 Å². The van der Waals surface area contributed by atoms with Gasteiger partial charge >= 0.3 is 0 Å². The summed E-state index contributed by atoms with van der Waals surface area (Å²) in [4.78, 5) is 69.5. The fourth-order valence-electron chi connectivity index (χ4n) is 3.75. The van der Waals surface area contributed by atoms with Gasteiger partial charge in [-0.1, -0.05) is 18.6 Å². The topological polar surface area (TPSA) is 116 Å². The van der Waals surface area contributed by atoms with Crippen LogP contribution < -0.4 is 5.32 Å². The molecule has 1 aromatic carbocycles. The quantitative estimate of drug-likeness (QED) is 0.521. The minimum absolute atomic E-state index is 0.00790. The third kappa shape index (κ3) is 4.58. The lowest BCUT2D eigenvalue weighted by Crippen LogP contribution is -2.56. The van der Waals surface area contributed by atoms with Gasteiger partial charge in [0.15, 0.2) is 6.04 Å². The standard InChI is InChI=1S/C22H25FN4O5/c1-12-10-13(7-8-15(12)23)11-24-20(30)16-18(29)22(32)27-9-5-4-6-14(19(27)25-16)17(28)21(31)26(2)3/h7-8,10,14,16H,4-6,9,11H2,1-3H3,(H,24,30)/t14-,16?/m0/s1. The highest BCUT2D eigenvalue weighted by molar-refractivity contribution is 6.48. The van der Waals surface area contributed by atoms with Crippen LogP contribution in [0.5, 0.6) is 0 Å². The van der Waals surface area contributed by atoms with Crippen molar-refractivity contribution in [2.75, 3.05) is 20.6 Å². The molecule has 170 valence electrons. The first-order chi connectivity index (χ1) is 15.1. The molecule has 10 heteroatoms. The van der Waals surface area contributed by atoms with E-state index < -0.39 is 41.2 Å². The van der Waals surface area contributed by atoms with Gasteiger partial charge in [-0.15, -0.1) is 0 Å². The van der Waals surface area contributed by atoms with Crippen molar-refractivity contribution < 1.29 is 28.4 Å². The van der Waals surface area contributed by atoms with E-state index in [4.69, 9.17) is 0 Å². The summed E-state index contributed by atoms with van der Waals surface area (Å²) in [7, 11) is 2.89. The zero-order valence-electron chi connectivity index (χ0n) is 18.2. The van der Waals surface area contributed by atoms with Gasteiger partial charge in [0, 0.05) is 27.2 Å². The maximum atomic E-state index is 13.4. The number of ketones is 2. The number of aryl methyl sites for hydroxylation is 1. The van der Waals surface area contributed by atoms with Crippen LogP contribution in [0.4, 0.5) is 4.39 Å². The van der Waals surface area contributed by atoms with Crippen LogP contribution in [-0.4, -0.2) is 71.6 Å². The number of fused-ring (bicyclic) bond motifs is 1. The Hall–Kier alpha value is -3.43. The lowest BCUT2D eigenvalue weighted by atomic mass is 9.94. The summed E-state index contributed by atoms with van der Waals surface area (Å²) in [6.45, 7) is 1.78. The molecule has 2 atom stereocenters. The number of carbonyl (C=O) groups is 5. The first-order valence-corrected chi connectivity index (χ1v) is 10.3. The largest absolute Gasteiger partial charge is 0.350 e. The van der Waals surface area contributed by atoms with Gasteiger partial charge in [-0.2, -0.15) is 0 Å². The molecule has 0 saturated carbocycles. The summed E-state index contributed by atoms with van der Waals surface area (Å²) in [6, 6.07) is 2.69. The van der Waals surface area contributed by atoms with Gasteiger partial charge in [-0.05, 0) is 37.0 Å². The van der Waals surface area contributed by atoms with Gasteiger partial charge < -0.3 is 10.2 Å². The number of likely N-dealkylation sites (N-methyl/N-ethyl adjacent to an activating group) is 1. The Morgan fingerprint density at radius 1 is 1.22 bits per heavy atom. The van der Waals surface area contributed by atoms with E-state index in [9.17, 15) is 28.4 Å². The molecule has 2 aliphatic heterocycles. The zero-order chi connectivity index (χ0) is 23.6. The molecule has 0 radical (unpaired) electrons. The van der Waals surface area contributed by atoms with Crippen LogP contribution in [-0.2, 0) is 30.5 Å². The van der Waals surface area contributed by atoms with Crippen LogP contribution in [0, 0.1) is 18.7 Å².